The average molecular weight is 428 g/mol. The van der Waals surface area contributed by atoms with Gasteiger partial charge in [0, 0.05) is 0 Å². The SMILES string of the molecule is [I-].c1ccc(C2=[NH+]N(c3ccccc3)N(c3ccccc3)N2)cc1. The van der Waals surface area contributed by atoms with E-state index in [1.807, 2.05) is 64.8 Å². The maximum atomic E-state index is 3.44. The molecule has 0 amide bonds. The number of para-hydroxylation sites is 2. The van der Waals surface area contributed by atoms with Crippen LogP contribution in [0, 0.1) is 0 Å². The normalized spacial score (nSPS) is 13.1. The molecule has 120 valence electrons. The minimum atomic E-state index is 0. The predicted octanol–water partition coefficient (Wildman–Crippen LogP) is -1.12. The first-order valence-corrected chi connectivity index (χ1v) is 7.58. The molecule has 1 aliphatic heterocycles. The van der Waals surface area contributed by atoms with E-state index < -0.39 is 0 Å². The van der Waals surface area contributed by atoms with Crippen LogP contribution in [-0.4, -0.2) is 5.84 Å². The van der Waals surface area contributed by atoms with E-state index in [1.54, 1.807) is 0 Å². The Morgan fingerprint density at radius 2 is 1.12 bits per heavy atom. The molecule has 0 radical (unpaired) electrons. The van der Waals surface area contributed by atoms with Gasteiger partial charge in [-0.05, 0) is 36.4 Å². The fourth-order valence-corrected chi connectivity index (χ4v) is 2.57. The monoisotopic (exact) mass is 428 g/mol. The Morgan fingerprint density at radius 1 is 0.625 bits per heavy atom. The van der Waals surface area contributed by atoms with Crippen molar-refractivity contribution in [1.82, 2.24) is 5.43 Å². The third-order valence-corrected chi connectivity index (χ3v) is 3.70. The molecule has 24 heavy (non-hydrogen) atoms. The van der Waals surface area contributed by atoms with Crippen LogP contribution >= 0.6 is 0 Å². The number of hydrazone groups is 1. The molecule has 0 fully saturated rings. The van der Waals surface area contributed by atoms with Crippen molar-refractivity contribution in [2.45, 2.75) is 0 Å². The highest BCUT2D eigenvalue weighted by Crippen LogP contribution is 2.19. The lowest BCUT2D eigenvalue weighted by molar-refractivity contribution is -0.464. The Bertz CT molecular complexity index is 807. The summed E-state index contributed by atoms with van der Waals surface area (Å²) in [4.78, 5) is 0. The average Bonchev–Trinajstić information content (AvgIpc) is 3.09. The number of hydrazine groups is 3. The van der Waals surface area contributed by atoms with Crippen LogP contribution < -0.4 is 44.7 Å². The van der Waals surface area contributed by atoms with Gasteiger partial charge in [-0.2, -0.15) is 0 Å². The van der Waals surface area contributed by atoms with Gasteiger partial charge in [0.1, 0.15) is 11.4 Å². The summed E-state index contributed by atoms with van der Waals surface area (Å²) >= 11 is 0. The number of halogens is 1. The summed E-state index contributed by atoms with van der Waals surface area (Å²) in [6, 6.07) is 30.6. The van der Waals surface area contributed by atoms with Crippen LogP contribution in [0.4, 0.5) is 11.4 Å². The Labute approximate surface area is 158 Å². The number of hydrogen-bond acceptors (Lipinski definition) is 3. The molecule has 2 N–H and O–H groups in total. The topological polar surface area (TPSA) is 32.5 Å². The third kappa shape index (κ3) is 3.21. The van der Waals surface area contributed by atoms with E-state index in [2.05, 4.69) is 46.9 Å². The number of nitrogens with one attached hydrogen (secondary N) is 2. The number of hydrogen-bond donors (Lipinski definition) is 2. The van der Waals surface area contributed by atoms with Crippen LogP contribution in [0.3, 0.4) is 0 Å². The Kier molecular flexibility index (Phi) is 5.00. The van der Waals surface area contributed by atoms with Crippen molar-refractivity contribution in [3.8, 4) is 0 Å². The van der Waals surface area contributed by atoms with Gasteiger partial charge in [-0.15, -0.1) is 10.5 Å². The lowest BCUT2D eigenvalue weighted by Crippen LogP contribution is -3.00. The molecule has 5 heteroatoms. The zero-order valence-electron chi connectivity index (χ0n) is 12.9. The fraction of sp³-hybridized carbons (Fsp3) is 0. The number of nitrogens with zero attached hydrogens (tertiary/aromatic N) is 2. The first-order chi connectivity index (χ1) is 11.4. The highest BCUT2D eigenvalue weighted by Gasteiger charge is 2.32. The number of rotatable bonds is 3. The second kappa shape index (κ2) is 7.35. The number of anilines is 2. The summed E-state index contributed by atoms with van der Waals surface area (Å²) in [5, 5.41) is 7.43. The summed E-state index contributed by atoms with van der Waals surface area (Å²) in [6.45, 7) is 0. The summed E-state index contributed by atoms with van der Waals surface area (Å²) in [6.07, 6.45) is 0. The molecule has 0 spiro atoms. The van der Waals surface area contributed by atoms with Crippen molar-refractivity contribution in [1.29, 1.82) is 0 Å². The third-order valence-electron chi connectivity index (χ3n) is 3.70. The van der Waals surface area contributed by atoms with Crippen LogP contribution in [0.1, 0.15) is 5.56 Å². The van der Waals surface area contributed by atoms with Gasteiger partial charge >= 0.3 is 5.84 Å². The Morgan fingerprint density at radius 3 is 1.71 bits per heavy atom. The molecule has 0 bridgehead atoms. The van der Waals surface area contributed by atoms with Crippen molar-refractivity contribution in [2.24, 2.45) is 0 Å². The first-order valence-electron chi connectivity index (χ1n) is 7.58. The van der Waals surface area contributed by atoms with E-state index in [0.717, 1.165) is 22.8 Å². The quantitative estimate of drug-likeness (QED) is 0.519. The fourth-order valence-electron chi connectivity index (χ4n) is 2.57. The maximum absolute atomic E-state index is 3.44. The number of amidine groups is 1. The second-order valence-electron chi connectivity index (χ2n) is 5.26. The zero-order chi connectivity index (χ0) is 15.5. The minimum Gasteiger partial charge on any atom is -1.00 e. The van der Waals surface area contributed by atoms with E-state index in [1.165, 1.54) is 0 Å². The molecule has 0 saturated carbocycles. The van der Waals surface area contributed by atoms with Crippen molar-refractivity contribution in [3.63, 3.8) is 0 Å². The van der Waals surface area contributed by atoms with Crippen LogP contribution in [0.15, 0.2) is 91.0 Å². The highest BCUT2D eigenvalue weighted by atomic mass is 127. The van der Waals surface area contributed by atoms with Gasteiger partial charge in [-0.1, -0.05) is 64.8 Å². The van der Waals surface area contributed by atoms with Gasteiger partial charge in [-0.25, -0.2) is 0 Å². The molecule has 0 aliphatic carbocycles. The van der Waals surface area contributed by atoms with E-state index in [-0.39, 0.29) is 24.0 Å². The van der Waals surface area contributed by atoms with E-state index >= 15 is 0 Å². The lowest BCUT2D eigenvalue weighted by Gasteiger charge is -2.22. The van der Waals surface area contributed by atoms with Crippen molar-refractivity contribution in [2.75, 3.05) is 10.2 Å². The predicted molar refractivity (Wildman–Crippen MR) is 92.5 cm³/mol. The maximum Gasteiger partial charge on any atom is 0.325 e. The molecule has 0 unspecified atom stereocenters. The lowest BCUT2D eigenvalue weighted by atomic mass is 10.2. The van der Waals surface area contributed by atoms with Gasteiger partial charge in [-0.3, -0.25) is 0 Å². The largest absolute Gasteiger partial charge is 1.00 e. The first kappa shape index (κ1) is 16.3. The molecule has 1 heterocycles. The highest BCUT2D eigenvalue weighted by molar-refractivity contribution is 5.96. The Balaban J connectivity index is 0.00000169. The molecule has 3 aromatic carbocycles. The molecule has 3 aromatic rings. The van der Waals surface area contributed by atoms with Crippen LogP contribution in [0.25, 0.3) is 0 Å². The van der Waals surface area contributed by atoms with Gasteiger partial charge in [0.15, 0.2) is 0 Å². The molecular weight excluding hydrogens is 411 g/mol. The van der Waals surface area contributed by atoms with Gasteiger partial charge in [0.2, 0.25) is 0 Å². The molecule has 0 aromatic heterocycles. The van der Waals surface area contributed by atoms with Crippen molar-refractivity contribution in [3.05, 3.63) is 96.6 Å². The number of benzene rings is 3. The smallest absolute Gasteiger partial charge is 0.325 e. The molecule has 4 rings (SSSR count). The van der Waals surface area contributed by atoms with E-state index in [0.29, 0.717) is 0 Å². The zero-order valence-corrected chi connectivity index (χ0v) is 15.1. The summed E-state index contributed by atoms with van der Waals surface area (Å²) in [5.74, 6) is 0.943. The summed E-state index contributed by atoms with van der Waals surface area (Å²) in [5.41, 5.74) is 6.64. The van der Waals surface area contributed by atoms with Gasteiger partial charge in [0.25, 0.3) is 0 Å². The minimum absolute atomic E-state index is 0. The van der Waals surface area contributed by atoms with E-state index in [4.69, 9.17) is 0 Å². The second-order valence-corrected chi connectivity index (χ2v) is 5.26. The molecular formula is C19H17IN4. The standard InChI is InChI=1S/C19H16N4.HI/c1-4-10-16(11-5-1)19-20-22(17-12-6-2-7-13-17)23(21-19)18-14-8-3-9-15-18;/h1-15H,(H,20,21);1H. The molecule has 0 atom stereocenters. The van der Waals surface area contributed by atoms with Crippen molar-refractivity contribution < 1.29 is 29.1 Å². The Hall–Kier alpha value is -2.54. The molecule has 0 saturated heterocycles. The van der Waals surface area contributed by atoms with Gasteiger partial charge in [0.05, 0.1) is 5.56 Å². The summed E-state index contributed by atoms with van der Waals surface area (Å²) < 4.78 is 0. The summed E-state index contributed by atoms with van der Waals surface area (Å²) in [7, 11) is 0. The van der Waals surface area contributed by atoms with E-state index in [9.17, 15) is 0 Å². The molecule has 4 nitrogen and oxygen atoms in total. The van der Waals surface area contributed by atoms with Crippen LogP contribution in [-0.2, 0) is 0 Å². The van der Waals surface area contributed by atoms with Crippen LogP contribution in [0.5, 0.6) is 0 Å². The van der Waals surface area contributed by atoms with Crippen molar-refractivity contribution >= 4 is 17.2 Å². The molecule has 1 aliphatic rings. The van der Waals surface area contributed by atoms with Gasteiger partial charge < -0.3 is 24.0 Å². The van der Waals surface area contributed by atoms with Crippen LogP contribution in [0.2, 0.25) is 0 Å².